The second-order valence-corrected chi connectivity index (χ2v) is 8.38. The number of rotatable bonds is 4. The fraction of sp³-hybridized carbons (Fsp3) is 0.429. The van der Waals surface area contributed by atoms with Crippen LogP contribution in [0.25, 0.3) is 0 Å². The Morgan fingerprint density at radius 2 is 1.88 bits per heavy atom. The van der Waals surface area contributed by atoms with Gasteiger partial charge in [0.05, 0.1) is 28.8 Å². The molecule has 2 rings (SSSR count). The molecule has 8 nitrogen and oxygen atoms in total. The van der Waals surface area contributed by atoms with Gasteiger partial charge in [0, 0.05) is 19.6 Å². The highest BCUT2D eigenvalue weighted by molar-refractivity contribution is 7.89. The number of benzene rings is 1. The molecule has 0 atom stereocenters. The maximum absolute atomic E-state index is 12.7. The zero-order valence-corrected chi connectivity index (χ0v) is 17.2. The van der Waals surface area contributed by atoms with E-state index in [0.717, 1.165) is 0 Å². The van der Waals surface area contributed by atoms with E-state index in [1.807, 2.05) is 6.92 Å². The Kier molecular flexibility index (Phi) is 7.80. The van der Waals surface area contributed by atoms with Crippen molar-refractivity contribution in [3.63, 3.8) is 0 Å². The summed E-state index contributed by atoms with van der Waals surface area (Å²) in [7, 11) is -3.63. The molecule has 0 bridgehead atoms. The normalized spacial score (nSPS) is 15.2. The number of morpholine rings is 1. The van der Waals surface area contributed by atoms with Crippen LogP contribution in [0, 0.1) is 0 Å². The minimum absolute atomic E-state index is 0.130. The first-order chi connectivity index (χ1) is 12.3. The number of nitrogens with one attached hydrogen (secondary N) is 4. The summed E-state index contributed by atoms with van der Waals surface area (Å²) in [5.41, 5.74) is 5.77. The van der Waals surface area contributed by atoms with Crippen LogP contribution in [-0.2, 0) is 14.8 Å². The maximum atomic E-state index is 12.7. The summed E-state index contributed by atoms with van der Waals surface area (Å²) in [5, 5.41) is 6.65. The average Bonchev–Trinajstić information content (AvgIpc) is 2.62. The van der Waals surface area contributed by atoms with Gasteiger partial charge in [-0.25, -0.2) is 8.42 Å². The van der Waals surface area contributed by atoms with Gasteiger partial charge in [0.2, 0.25) is 10.0 Å². The Labute approximate surface area is 168 Å². The third-order valence-electron chi connectivity index (χ3n) is 3.42. The van der Waals surface area contributed by atoms with Crippen molar-refractivity contribution in [2.24, 2.45) is 0 Å². The topological polar surface area (TPSA) is 94.7 Å². The Bertz CT molecular complexity index is 769. The summed E-state index contributed by atoms with van der Waals surface area (Å²) in [6, 6.07) is 4.42. The van der Waals surface area contributed by atoms with Gasteiger partial charge in [-0.15, -0.1) is 0 Å². The van der Waals surface area contributed by atoms with Gasteiger partial charge in [-0.1, -0.05) is 11.6 Å². The number of nitrogens with zero attached hydrogens (tertiary/aromatic N) is 1. The molecule has 1 aliphatic rings. The van der Waals surface area contributed by atoms with Crippen LogP contribution in [-0.4, -0.2) is 55.8 Å². The van der Waals surface area contributed by atoms with Crippen molar-refractivity contribution in [1.82, 2.24) is 20.5 Å². The van der Waals surface area contributed by atoms with Crippen LogP contribution >= 0.6 is 36.0 Å². The van der Waals surface area contributed by atoms with Gasteiger partial charge in [0.1, 0.15) is 0 Å². The molecule has 1 aliphatic heterocycles. The fourth-order valence-corrected chi connectivity index (χ4v) is 4.12. The molecule has 0 radical (unpaired) electrons. The van der Waals surface area contributed by atoms with Gasteiger partial charge < -0.3 is 15.4 Å². The van der Waals surface area contributed by atoms with Gasteiger partial charge in [0.25, 0.3) is 0 Å². The SMILES string of the molecule is CCNC(=S)NNC(=S)Nc1cc(S(=O)(=O)N2CCOCC2)ccc1Cl. The first-order valence-corrected chi connectivity index (χ1v) is 10.5. The second-order valence-electron chi connectivity index (χ2n) is 5.22. The number of anilines is 1. The molecule has 1 fully saturated rings. The van der Waals surface area contributed by atoms with Crippen molar-refractivity contribution in [2.45, 2.75) is 11.8 Å². The molecule has 0 aliphatic carbocycles. The lowest BCUT2D eigenvalue weighted by atomic mass is 10.3. The maximum Gasteiger partial charge on any atom is 0.243 e. The van der Waals surface area contributed by atoms with E-state index in [4.69, 9.17) is 40.8 Å². The summed E-state index contributed by atoms with van der Waals surface area (Å²) in [5.74, 6) is 0. The predicted molar refractivity (Wildman–Crippen MR) is 110 cm³/mol. The second kappa shape index (κ2) is 9.62. The molecule has 1 heterocycles. The molecular formula is C14H20ClN5O3S3. The highest BCUT2D eigenvalue weighted by Gasteiger charge is 2.26. The number of hydrogen-bond acceptors (Lipinski definition) is 5. The van der Waals surface area contributed by atoms with Gasteiger partial charge in [-0.2, -0.15) is 4.31 Å². The lowest BCUT2D eigenvalue weighted by molar-refractivity contribution is 0.0730. The fourth-order valence-electron chi connectivity index (χ4n) is 2.17. The number of hydrazine groups is 1. The largest absolute Gasteiger partial charge is 0.379 e. The van der Waals surface area contributed by atoms with Crippen LogP contribution in [0.2, 0.25) is 5.02 Å². The monoisotopic (exact) mass is 437 g/mol. The Morgan fingerprint density at radius 1 is 1.23 bits per heavy atom. The van der Waals surface area contributed by atoms with Gasteiger partial charge in [-0.3, -0.25) is 10.9 Å². The molecular weight excluding hydrogens is 418 g/mol. The van der Waals surface area contributed by atoms with Gasteiger partial charge >= 0.3 is 0 Å². The van der Waals surface area contributed by atoms with E-state index >= 15 is 0 Å². The summed E-state index contributed by atoms with van der Waals surface area (Å²) < 4.78 is 32.1. The van der Waals surface area contributed by atoms with Crippen molar-refractivity contribution in [2.75, 3.05) is 38.2 Å². The van der Waals surface area contributed by atoms with E-state index in [0.29, 0.717) is 48.7 Å². The lowest BCUT2D eigenvalue weighted by Gasteiger charge is -2.26. The Morgan fingerprint density at radius 3 is 2.54 bits per heavy atom. The molecule has 0 amide bonds. The third-order valence-corrected chi connectivity index (χ3v) is 6.10. The zero-order valence-electron chi connectivity index (χ0n) is 14.0. The van der Waals surface area contributed by atoms with Crippen molar-refractivity contribution in [1.29, 1.82) is 0 Å². The van der Waals surface area contributed by atoms with Crippen molar-refractivity contribution in [3.05, 3.63) is 23.2 Å². The van der Waals surface area contributed by atoms with Crippen LogP contribution in [0.3, 0.4) is 0 Å². The van der Waals surface area contributed by atoms with Crippen molar-refractivity contribution < 1.29 is 13.2 Å². The molecule has 26 heavy (non-hydrogen) atoms. The minimum Gasteiger partial charge on any atom is -0.379 e. The third kappa shape index (κ3) is 5.63. The first kappa shape index (κ1) is 21.1. The van der Waals surface area contributed by atoms with Crippen LogP contribution in [0.4, 0.5) is 5.69 Å². The quantitative estimate of drug-likeness (QED) is 0.407. The Hall–Kier alpha value is -1.24. The smallest absolute Gasteiger partial charge is 0.243 e. The van der Waals surface area contributed by atoms with E-state index in [-0.39, 0.29) is 10.0 Å². The molecule has 0 spiro atoms. The summed E-state index contributed by atoms with van der Waals surface area (Å²) in [6.45, 7) is 3.97. The standard InChI is InChI=1S/C14H20ClN5O3S3/c1-2-16-13(24)18-19-14(25)17-12-9-10(3-4-11(12)15)26(21,22)20-5-7-23-8-6-20/h3-4,9H,2,5-8H2,1H3,(H2,16,18,24)(H2,17,19,25). The van der Waals surface area contributed by atoms with E-state index in [1.54, 1.807) is 0 Å². The Balaban J connectivity index is 2.09. The molecule has 0 aromatic heterocycles. The highest BCUT2D eigenvalue weighted by Crippen LogP contribution is 2.27. The first-order valence-electron chi connectivity index (χ1n) is 7.83. The number of halogens is 1. The molecule has 1 aromatic carbocycles. The van der Waals surface area contributed by atoms with Crippen molar-refractivity contribution in [3.8, 4) is 0 Å². The molecule has 1 aromatic rings. The molecule has 144 valence electrons. The van der Waals surface area contributed by atoms with Gasteiger partial charge in [-0.05, 0) is 49.6 Å². The summed E-state index contributed by atoms with van der Waals surface area (Å²) in [4.78, 5) is 0.130. The van der Waals surface area contributed by atoms with Gasteiger partial charge in [0.15, 0.2) is 10.2 Å². The average molecular weight is 438 g/mol. The van der Waals surface area contributed by atoms with Crippen LogP contribution in [0.15, 0.2) is 23.1 Å². The highest BCUT2D eigenvalue weighted by atomic mass is 35.5. The van der Waals surface area contributed by atoms with Crippen LogP contribution < -0.4 is 21.5 Å². The molecule has 12 heteroatoms. The van der Waals surface area contributed by atoms with E-state index in [1.165, 1.54) is 22.5 Å². The zero-order chi connectivity index (χ0) is 19.2. The predicted octanol–water partition coefficient (Wildman–Crippen LogP) is 1.05. The number of sulfonamides is 1. The number of hydrogen-bond donors (Lipinski definition) is 4. The number of ether oxygens (including phenoxy) is 1. The van der Waals surface area contributed by atoms with Crippen LogP contribution in [0.5, 0.6) is 0 Å². The molecule has 4 N–H and O–H groups in total. The van der Waals surface area contributed by atoms with E-state index in [2.05, 4.69) is 21.5 Å². The van der Waals surface area contributed by atoms with Crippen LogP contribution in [0.1, 0.15) is 6.92 Å². The molecule has 0 unspecified atom stereocenters. The summed E-state index contributed by atoms with van der Waals surface area (Å²) in [6.07, 6.45) is 0. The van der Waals surface area contributed by atoms with E-state index in [9.17, 15) is 8.42 Å². The molecule has 0 saturated carbocycles. The number of thiocarbonyl (C=S) groups is 2. The summed E-state index contributed by atoms with van der Waals surface area (Å²) >= 11 is 16.3. The molecule has 1 saturated heterocycles. The minimum atomic E-state index is -3.63. The van der Waals surface area contributed by atoms with Crippen molar-refractivity contribution >= 4 is 62.0 Å². The van der Waals surface area contributed by atoms with E-state index < -0.39 is 10.0 Å². The lowest BCUT2D eigenvalue weighted by Crippen LogP contribution is -2.48.